The Kier molecular flexibility index (Phi) is 7.17. The normalized spacial score (nSPS) is 13.2. The number of hydrogen-bond acceptors (Lipinski definition) is 2. The molecular formula is C14H24ClNS. The van der Waals surface area contributed by atoms with Crippen LogP contribution in [0.25, 0.3) is 0 Å². The van der Waals surface area contributed by atoms with Gasteiger partial charge in [-0.3, -0.25) is 0 Å². The molecule has 1 atom stereocenters. The SMILES string of the molecule is CCCNCC(Cc1ccc(Cl)s1)CC(C)C. The quantitative estimate of drug-likeness (QED) is 0.682. The Hall–Kier alpha value is -0.0500. The van der Waals surface area contributed by atoms with Crippen molar-refractivity contribution in [2.24, 2.45) is 11.8 Å². The van der Waals surface area contributed by atoms with E-state index in [1.54, 1.807) is 11.3 Å². The maximum absolute atomic E-state index is 5.98. The summed E-state index contributed by atoms with van der Waals surface area (Å²) in [6, 6.07) is 4.17. The van der Waals surface area contributed by atoms with Crippen molar-refractivity contribution in [2.75, 3.05) is 13.1 Å². The molecule has 0 saturated carbocycles. The molecule has 1 nitrogen and oxygen atoms in total. The second kappa shape index (κ2) is 8.12. The highest BCUT2D eigenvalue weighted by molar-refractivity contribution is 7.16. The van der Waals surface area contributed by atoms with Crippen LogP contribution < -0.4 is 5.32 Å². The first-order chi connectivity index (χ1) is 8.11. The summed E-state index contributed by atoms with van der Waals surface area (Å²) in [5, 5.41) is 3.54. The Labute approximate surface area is 115 Å². The lowest BCUT2D eigenvalue weighted by Gasteiger charge is -2.18. The molecule has 0 amide bonds. The van der Waals surface area contributed by atoms with Crippen molar-refractivity contribution in [3.05, 3.63) is 21.3 Å². The standard InChI is InChI=1S/C14H24ClNS/c1-4-7-16-10-12(8-11(2)3)9-13-5-6-14(15)17-13/h5-6,11-12,16H,4,7-10H2,1-3H3. The Morgan fingerprint density at radius 1 is 1.35 bits per heavy atom. The van der Waals surface area contributed by atoms with Crippen LogP contribution in [-0.4, -0.2) is 13.1 Å². The van der Waals surface area contributed by atoms with Gasteiger partial charge in [-0.05, 0) is 56.3 Å². The van der Waals surface area contributed by atoms with Gasteiger partial charge >= 0.3 is 0 Å². The molecule has 98 valence electrons. The number of hydrogen-bond donors (Lipinski definition) is 1. The molecule has 17 heavy (non-hydrogen) atoms. The van der Waals surface area contributed by atoms with Crippen LogP contribution in [0.5, 0.6) is 0 Å². The van der Waals surface area contributed by atoms with E-state index in [0.29, 0.717) is 0 Å². The molecule has 0 aliphatic rings. The molecule has 0 bridgehead atoms. The van der Waals surface area contributed by atoms with E-state index in [0.717, 1.165) is 35.7 Å². The van der Waals surface area contributed by atoms with E-state index >= 15 is 0 Å². The van der Waals surface area contributed by atoms with Crippen LogP contribution in [0.2, 0.25) is 4.34 Å². The minimum atomic E-state index is 0.733. The van der Waals surface area contributed by atoms with Crippen molar-refractivity contribution >= 4 is 22.9 Å². The molecule has 0 aromatic carbocycles. The first kappa shape index (κ1) is 15.0. The van der Waals surface area contributed by atoms with E-state index in [1.165, 1.54) is 17.7 Å². The molecule has 1 unspecified atom stereocenters. The summed E-state index contributed by atoms with van der Waals surface area (Å²) >= 11 is 7.70. The highest BCUT2D eigenvalue weighted by Crippen LogP contribution is 2.25. The molecule has 1 N–H and O–H groups in total. The first-order valence-corrected chi connectivity index (χ1v) is 7.76. The predicted molar refractivity (Wildman–Crippen MR) is 79.1 cm³/mol. The van der Waals surface area contributed by atoms with Crippen LogP contribution in [0, 0.1) is 11.8 Å². The third-order valence-corrected chi connectivity index (χ3v) is 4.04. The fraction of sp³-hybridized carbons (Fsp3) is 0.714. The first-order valence-electron chi connectivity index (χ1n) is 6.56. The summed E-state index contributed by atoms with van der Waals surface area (Å²) in [6.45, 7) is 9.06. The largest absolute Gasteiger partial charge is 0.316 e. The Morgan fingerprint density at radius 3 is 2.65 bits per heavy atom. The van der Waals surface area contributed by atoms with Crippen molar-refractivity contribution in [3.8, 4) is 0 Å². The molecule has 1 aromatic heterocycles. The maximum Gasteiger partial charge on any atom is 0.0931 e. The average molecular weight is 274 g/mol. The Morgan fingerprint density at radius 2 is 2.12 bits per heavy atom. The minimum Gasteiger partial charge on any atom is -0.316 e. The molecule has 0 spiro atoms. The van der Waals surface area contributed by atoms with E-state index in [2.05, 4.69) is 32.2 Å². The third-order valence-electron chi connectivity index (χ3n) is 2.78. The van der Waals surface area contributed by atoms with Crippen LogP contribution in [0.1, 0.15) is 38.5 Å². The van der Waals surface area contributed by atoms with Gasteiger partial charge in [0.2, 0.25) is 0 Å². The van der Waals surface area contributed by atoms with E-state index in [4.69, 9.17) is 11.6 Å². The second-order valence-corrected chi connectivity index (χ2v) is 6.91. The van der Waals surface area contributed by atoms with E-state index < -0.39 is 0 Å². The molecule has 0 saturated heterocycles. The van der Waals surface area contributed by atoms with Gasteiger partial charge in [-0.1, -0.05) is 32.4 Å². The fourth-order valence-electron chi connectivity index (χ4n) is 2.13. The van der Waals surface area contributed by atoms with E-state index in [-0.39, 0.29) is 0 Å². The lowest BCUT2D eigenvalue weighted by atomic mass is 9.93. The minimum absolute atomic E-state index is 0.733. The average Bonchev–Trinajstić information content (AvgIpc) is 2.63. The molecule has 1 rings (SSSR count). The van der Waals surface area contributed by atoms with Crippen LogP contribution >= 0.6 is 22.9 Å². The number of halogens is 1. The van der Waals surface area contributed by atoms with Crippen molar-refractivity contribution in [3.63, 3.8) is 0 Å². The molecule has 1 aromatic rings. The Balaban J connectivity index is 2.44. The smallest absolute Gasteiger partial charge is 0.0931 e. The zero-order valence-electron chi connectivity index (χ0n) is 11.1. The van der Waals surface area contributed by atoms with Crippen LogP contribution in [0.15, 0.2) is 12.1 Å². The van der Waals surface area contributed by atoms with Gasteiger partial charge in [0.15, 0.2) is 0 Å². The lowest BCUT2D eigenvalue weighted by molar-refractivity contribution is 0.387. The van der Waals surface area contributed by atoms with Gasteiger partial charge in [0, 0.05) is 4.88 Å². The topological polar surface area (TPSA) is 12.0 Å². The number of rotatable bonds is 8. The fourth-order valence-corrected chi connectivity index (χ4v) is 3.34. The third kappa shape index (κ3) is 6.44. The number of thiophene rings is 1. The molecule has 3 heteroatoms. The zero-order chi connectivity index (χ0) is 12.7. The van der Waals surface area contributed by atoms with Gasteiger partial charge in [0.05, 0.1) is 4.34 Å². The molecule has 0 aliphatic heterocycles. The van der Waals surface area contributed by atoms with E-state index in [9.17, 15) is 0 Å². The second-order valence-electron chi connectivity index (χ2n) is 5.11. The van der Waals surface area contributed by atoms with Crippen molar-refractivity contribution in [2.45, 2.75) is 40.0 Å². The summed E-state index contributed by atoms with van der Waals surface area (Å²) < 4.78 is 0.907. The lowest BCUT2D eigenvalue weighted by Crippen LogP contribution is -2.25. The molecule has 0 aliphatic carbocycles. The molecular weight excluding hydrogens is 250 g/mol. The summed E-state index contributed by atoms with van der Waals surface area (Å²) in [6.07, 6.45) is 3.65. The van der Waals surface area contributed by atoms with Crippen molar-refractivity contribution in [1.82, 2.24) is 5.32 Å². The summed E-state index contributed by atoms with van der Waals surface area (Å²) in [7, 11) is 0. The summed E-state index contributed by atoms with van der Waals surface area (Å²) in [5.74, 6) is 1.50. The molecule has 1 heterocycles. The zero-order valence-corrected chi connectivity index (χ0v) is 12.7. The predicted octanol–water partition coefficient (Wildman–Crippen LogP) is 4.61. The highest BCUT2D eigenvalue weighted by atomic mass is 35.5. The van der Waals surface area contributed by atoms with Crippen molar-refractivity contribution in [1.29, 1.82) is 0 Å². The number of nitrogens with one attached hydrogen (secondary N) is 1. The summed E-state index contributed by atoms with van der Waals surface area (Å²) in [4.78, 5) is 1.42. The highest BCUT2D eigenvalue weighted by Gasteiger charge is 2.12. The van der Waals surface area contributed by atoms with Gasteiger partial charge in [-0.15, -0.1) is 11.3 Å². The van der Waals surface area contributed by atoms with Gasteiger partial charge in [0.1, 0.15) is 0 Å². The molecule has 0 radical (unpaired) electrons. The summed E-state index contributed by atoms with van der Waals surface area (Å²) in [5.41, 5.74) is 0. The van der Waals surface area contributed by atoms with Gasteiger partial charge in [-0.2, -0.15) is 0 Å². The maximum atomic E-state index is 5.98. The van der Waals surface area contributed by atoms with Gasteiger partial charge in [-0.25, -0.2) is 0 Å². The molecule has 0 fully saturated rings. The van der Waals surface area contributed by atoms with Gasteiger partial charge < -0.3 is 5.32 Å². The van der Waals surface area contributed by atoms with Crippen molar-refractivity contribution < 1.29 is 0 Å². The monoisotopic (exact) mass is 273 g/mol. The van der Waals surface area contributed by atoms with Crippen LogP contribution in [0.3, 0.4) is 0 Å². The van der Waals surface area contributed by atoms with Crippen LogP contribution in [0.4, 0.5) is 0 Å². The van der Waals surface area contributed by atoms with E-state index in [1.807, 2.05) is 6.07 Å². The Bertz CT molecular complexity index is 309. The van der Waals surface area contributed by atoms with Crippen LogP contribution in [-0.2, 0) is 6.42 Å². The van der Waals surface area contributed by atoms with Gasteiger partial charge in [0.25, 0.3) is 0 Å².